The van der Waals surface area contributed by atoms with Gasteiger partial charge in [-0.3, -0.25) is 4.79 Å². The third-order valence-corrected chi connectivity index (χ3v) is 6.44. The first-order valence-corrected chi connectivity index (χ1v) is 10.6. The fraction of sp³-hybridized carbons (Fsp3) is 0.350. The molecule has 3 rings (SSSR count). The van der Waals surface area contributed by atoms with E-state index >= 15 is 0 Å². The number of ether oxygens (including phenoxy) is 1. The number of benzene rings is 2. The van der Waals surface area contributed by atoms with Crippen LogP contribution in [0.4, 0.5) is 4.39 Å². The molecule has 1 aliphatic heterocycles. The molecule has 1 aliphatic rings. The Balaban J connectivity index is 1.56. The Morgan fingerprint density at radius 2 is 1.82 bits per heavy atom. The number of sulfonamides is 1. The van der Waals surface area contributed by atoms with Crippen LogP contribution in [0, 0.1) is 5.82 Å². The number of carbonyl (C=O) groups is 1. The average Bonchev–Trinajstić information content (AvgIpc) is 2.73. The molecule has 0 atom stereocenters. The van der Waals surface area contributed by atoms with Gasteiger partial charge in [0, 0.05) is 25.2 Å². The quantitative estimate of drug-likeness (QED) is 0.716. The third kappa shape index (κ3) is 5.15. The number of hydrogen-bond acceptors (Lipinski definition) is 4. The van der Waals surface area contributed by atoms with Crippen LogP contribution in [0.3, 0.4) is 0 Å². The number of morpholine rings is 1. The highest BCUT2D eigenvalue weighted by atomic mass is 32.2. The van der Waals surface area contributed by atoms with E-state index in [1.807, 2.05) is 0 Å². The van der Waals surface area contributed by atoms with Crippen LogP contribution < -0.4 is 5.32 Å². The molecular formula is C20H23FN2O4S. The van der Waals surface area contributed by atoms with Crippen LogP contribution >= 0.6 is 0 Å². The number of hydrogen-bond donors (Lipinski definition) is 1. The Kier molecular flexibility index (Phi) is 6.77. The van der Waals surface area contributed by atoms with E-state index in [9.17, 15) is 17.6 Å². The molecule has 0 aliphatic carbocycles. The number of halogens is 1. The summed E-state index contributed by atoms with van der Waals surface area (Å²) in [7, 11) is -3.64. The summed E-state index contributed by atoms with van der Waals surface area (Å²) in [5.74, 6) is -0.595. The molecule has 28 heavy (non-hydrogen) atoms. The molecule has 1 amide bonds. The van der Waals surface area contributed by atoms with Gasteiger partial charge in [-0.25, -0.2) is 12.8 Å². The van der Waals surface area contributed by atoms with Crippen molar-refractivity contribution in [3.63, 3.8) is 0 Å². The minimum absolute atomic E-state index is 0.105. The highest BCUT2D eigenvalue weighted by Gasteiger charge is 2.26. The van der Waals surface area contributed by atoms with Crippen molar-refractivity contribution in [2.24, 2.45) is 0 Å². The zero-order valence-electron chi connectivity index (χ0n) is 15.4. The zero-order valence-corrected chi connectivity index (χ0v) is 16.3. The summed E-state index contributed by atoms with van der Waals surface area (Å²) in [6.45, 7) is 1.79. The Labute approximate surface area is 164 Å². The summed E-state index contributed by atoms with van der Waals surface area (Å²) >= 11 is 0. The lowest BCUT2D eigenvalue weighted by Gasteiger charge is -2.26. The Hall–Kier alpha value is -2.29. The number of nitrogens with zero attached hydrogens (tertiary/aromatic N) is 1. The highest BCUT2D eigenvalue weighted by molar-refractivity contribution is 7.89. The van der Waals surface area contributed by atoms with Gasteiger partial charge in [0.15, 0.2) is 0 Å². The SMILES string of the molecule is O=C(NCCCc1ccc(F)cc1)c1cccc(S(=O)(=O)N2CCOCC2)c1. The van der Waals surface area contributed by atoms with Gasteiger partial charge in [-0.2, -0.15) is 4.31 Å². The van der Waals surface area contributed by atoms with Crippen molar-refractivity contribution in [2.45, 2.75) is 17.7 Å². The fourth-order valence-corrected chi connectivity index (χ4v) is 4.44. The summed E-state index contributed by atoms with van der Waals surface area (Å²) in [4.78, 5) is 12.5. The first kappa shape index (κ1) is 20.4. The molecule has 0 saturated carbocycles. The van der Waals surface area contributed by atoms with Crippen molar-refractivity contribution in [2.75, 3.05) is 32.8 Å². The topological polar surface area (TPSA) is 75.7 Å². The third-order valence-electron chi connectivity index (χ3n) is 4.55. The number of aryl methyl sites for hydroxylation is 1. The molecule has 1 fully saturated rings. The molecule has 1 saturated heterocycles. The molecule has 1 N–H and O–H groups in total. The van der Waals surface area contributed by atoms with E-state index < -0.39 is 10.0 Å². The lowest BCUT2D eigenvalue weighted by atomic mass is 10.1. The Bertz CT molecular complexity index is 910. The first-order chi connectivity index (χ1) is 13.5. The second-order valence-corrected chi connectivity index (χ2v) is 8.47. The van der Waals surface area contributed by atoms with Crippen LogP contribution in [0.5, 0.6) is 0 Å². The predicted molar refractivity (Wildman–Crippen MR) is 103 cm³/mol. The lowest BCUT2D eigenvalue weighted by Crippen LogP contribution is -2.40. The molecule has 6 nitrogen and oxygen atoms in total. The monoisotopic (exact) mass is 406 g/mol. The fourth-order valence-electron chi connectivity index (χ4n) is 2.98. The standard InChI is InChI=1S/C20H23FN2O4S/c21-18-8-6-16(7-9-18)3-2-10-22-20(24)17-4-1-5-19(15-17)28(25,26)23-11-13-27-14-12-23/h1,4-9,15H,2-3,10-14H2,(H,22,24). The minimum atomic E-state index is -3.64. The molecule has 1 heterocycles. The average molecular weight is 406 g/mol. The van der Waals surface area contributed by atoms with E-state index in [1.165, 1.54) is 28.6 Å². The molecule has 8 heteroatoms. The minimum Gasteiger partial charge on any atom is -0.379 e. The van der Waals surface area contributed by atoms with E-state index in [0.29, 0.717) is 51.3 Å². The molecule has 0 radical (unpaired) electrons. The lowest BCUT2D eigenvalue weighted by molar-refractivity contribution is 0.0730. The zero-order chi connectivity index (χ0) is 20.0. The molecular weight excluding hydrogens is 383 g/mol. The summed E-state index contributed by atoms with van der Waals surface area (Å²) in [6, 6.07) is 12.3. The van der Waals surface area contributed by atoms with Crippen LogP contribution in [0.1, 0.15) is 22.3 Å². The maximum atomic E-state index is 12.9. The number of nitrogens with one attached hydrogen (secondary N) is 1. The first-order valence-electron chi connectivity index (χ1n) is 9.17. The van der Waals surface area contributed by atoms with E-state index in [4.69, 9.17) is 4.74 Å². The molecule has 0 aromatic heterocycles. The Morgan fingerprint density at radius 3 is 2.54 bits per heavy atom. The normalized spacial score (nSPS) is 15.3. The van der Waals surface area contributed by atoms with Crippen molar-refractivity contribution in [1.82, 2.24) is 9.62 Å². The van der Waals surface area contributed by atoms with Gasteiger partial charge in [0.2, 0.25) is 10.0 Å². The smallest absolute Gasteiger partial charge is 0.251 e. The van der Waals surface area contributed by atoms with Crippen LogP contribution in [0.2, 0.25) is 0 Å². The van der Waals surface area contributed by atoms with E-state index in [0.717, 1.165) is 5.56 Å². The van der Waals surface area contributed by atoms with Gasteiger partial charge in [0.05, 0.1) is 18.1 Å². The van der Waals surface area contributed by atoms with Crippen LogP contribution in [-0.2, 0) is 21.2 Å². The highest BCUT2D eigenvalue weighted by Crippen LogP contribution is 2.18. The molecule has 0 bridgehead atoms. The van der Waals surface area contributed by atoms with Crippen molar-refractivity contribution in [1.29, 1.82) is 0 Å². The van der Waals surface area contributed by atoms with Crippen molar-refractivity contribution >= 4 is 15.9 Å². The Morgan fingerprint density at radius 1 is 1.11 bits per heavy atom. The largest absolute Gasteiger partial charge is 0.379 e. The van der Waals surface area contributed by atoms with Crippen LogP contribution in [0.15, 0.2) is 53.4 Å². The summed E-state index contributed by atoms with van der Waals surface area (Å²) < 4.78 is 44.9. The number of amides is 1. The molecule has 2 aromatic carbocycles. The summed E-state index contributed by atoms with van der Waals surface area (Å²) in [5, 5.41) is 2.80. The maximum absolute atomic E-state index is 12.9. The van der Waals surface area contributed by atoms with Crippen molar-refractivity contribution in [3.8, 4) is 0 Å². The van der Waals surface area contributed by atoms with Crippen LogP contribution in [-0.4, -0.2) is 51.5 Å². The predicted octanol–water partition coefficient (Wildman–Crippen LogP) is 2.21. The van der Waals surface area contributed by atoms with Gasteiger partial charge < -0.3 is 10.1 Å². The van der Waals surface area contributed by atoms with Gasteiger partial charge in [0.1, 0.15) is 5.82 Å². The summed E-state index contributed by atoms with van der Waals surface area (Å²) in [5.41, 5.74) is 1.30. The van der Waals surface area contributed by atoms with Gasteiger partial charge in [-0.15, -0.1) is 0 Å². The van der Waals surface area contributed by atoms with Crippen molar-refractivity contribution in [3.05, 3.63) is 65.5 Å². The van der Waals surface area contributed by atoms with Gasteiger partial charge in [-0.05, 0) is 48.7 Å². The van der Waals surface area contributed by atoms with Crippen LogP contribution in [0.25, 0.3) is 0 Å². The maximum Gasteiger partial charge on any atom is 0.251 e. The second kappa shape index (κ2) is 9.27. The van der Waals surface area contributed by atoms with E-state index in [2.05, 4.69) is 5.32 Å². The molecule has 0 spiro atoms. The van der Waals surface area contributed by atoms with Gasteiger partial charge >= 0.3 is 0 Å². The number of carbonyl (C=O) groups excluding carboxylic acids is 1. The second-order valence-electron chi connectivity index (χ2n) is 6.53. The molecule has 0 unspecified atom stereocenters. The number of rotatable bonds is 7. The van der Waals surface area contributed by atoms with Crippen molar-refractivity contribution < 1.29 is 22.3 Å². The molecule has 150 valence electrons. The van der Waals surface area contributed by atoms with E-state index in [1.54, 1.807) is 24.3 Å². The summed E-state index contributed by atoms with van der Waals surface area (Å²) in [6.07, 6.45) is 1.41. The molecule has 2 aromatic rings. The van der Waals surface area contributed by atoms with Gasteiger partial charge in [-0.1, -0.05) is 18.2 Å². The van der Waals surface area contributed by atoms with Gasteiger partial charge in [0.25, 0.3) is 5.91 Å². The van der Waals surface area contributed by atoms with E-state index in [-0.39, 0.29) is 16.6 Å².